The van der Waals surface area contributed by atoms with Crippen molar-refractivity contribution >= 4 is 18.3 Å². The Kier molecular flexibility index (Phi) is 5.58. The van der Waals surface area contributed by atoms with E-state index in [1.54, 1.807) is 0 Å². The zero-order chi connectivity index (χ0) is 14.7. The third-order valence-corrected chi connectivity index (χ3v) is 3.98. The van der Waals surface area contributed by atoms with Crippen LogP contribution in [0.1, 0.15) is 23.5 Å². The Morgan fingerprint density at radius 1 is 1.09 bits per heavy atom. The van der Waals surface area contributed by atoms with Crippen LogP contribution in [0, 0.1) is 0 Å². The van der Waals surface area contributed by atoms with E-state index in [2.05, 4.69) is 17.4 Å². The van der Waals surface area contributed by atoms with Gasteiger partial charge in [0.15, 0.2) is 0 Å². The lowest BCUT2D eigenvalue weighted by atomic mass is 10.1. The van der Waals surface area contributed by atoms with Gasteiger partial charge in [-0.05, 0) is 24.0 Å². The van der Waals surface area contributed by atoms with E-state index in [0.717, 1.165) is 12.0 Å². The maximum absolute atomic E-state index is 12.1. The van der Waals surface area contributed by atoms with Gasteiger partial charge in [-0.25, -0.2) is 0 Å². The summed E-state index contributed by atoms with van der Waals surface area (Å²) in [6, 6.07) is 19.9. The van der Waals surface area contributed by atoms with E-state index in [1.807, 2.05) is 48.5 Å². The molecule has 4 heteroatoms. The van der Waals surface area contributed by atoms with Crippen molar-refractivity contribution in [2.24, 2.45) is 5.73 Å². The first-order valence-electron chi connectivity index (χ1n) is 7.39. The van der Waals surface area contributed by atoms with Crippen LogP contribution in [-0.2, 0) is 11.2 Å². The monoisotopic (exact) mass is 316 g/mol. The lowest BCUT2D eigenvalue weighted by Gasteiger charge is -2.12. The highest BCUT2D eigenvalue weighted by Gasteiger charge is 2.39. The molecule has 0 heterocycles. The summed E-state index contributed by atoms with van der Waals surface area (Å²) in [6.45, 7) is 0. The molecule has 22 heavy (non-hydrogen) atoms. The average molecular weight is 317 g/mol. The third kappa shape index (κ3) is 4.09. The second-order valence-corrected chi connectivity index (χ2v) is 5.66. The minimum atomic E-state index is -0.482. The second kappa shape index (κ2) is 7.43. The molecule has 2 aromatic carbocycles. The van der Waals surface area contributed by atoms with Gasteiger partial charge in [-0.3, -0.25) is 4.79 Å². The highest BCUT2D eigenvalue weighted by molar-refractivity contribution is 5.85. The molecule has 3 rings (SSSR count). The van der Waals surface area contributed by atoms with Gasteiger partial charge in [0.25, 0.3) is 0 Å². The van der Waals surface area contributed by atoms with E-state index >= 15 is 0 Å². The van der Waals surface area contributed by atoms with E-state index in [4.69, 9.17) is 5.73 Å². The molecule has 116 valence electrons. The second-order valence-electron chi connectivity index (χ2n) is 5.66. The lowest BCUT2D eigenvalue weighted by Crippen LogP contribution is -2.43. The Balaban J connectivity index is 0.00000176. The van der Waals surface area contributed by atoms with Crippen molar-refractivity contribution in [2.75, 3.05) is 0 Å². The predicted octanol–water partition coefficient (Wildman–Crippen LogP) is 2.65. The summed E-state index contributed by atoms with van der Waals surface area (Å²) >= 11 is 0. The summed E-state index contributed by atoms with van der Waals surface area (Å²) in [7, 11) is 0. The fourth-order valence-electron chi connectivity index (χ4n) is 2.67. The molecule has 3 nitrogen and oxygen atoms in total. The van der Waals surface area contributed by atoms with Crippen LogP contribution in [0.5, 0.6) is 0 Å². The summed E-state index contributed by atoms with van der Waals surface area (Å²) in [5.41, 5.74) is 8.38. The number of halogens is 1. The molecular formula is C18H21ClN2O. The molecule has 3 N–H and O–H groups in total. The average Bonchev–Trinajstić information content (AvgIpc) is 3.28. The molecule has 1 saturated carbocycles. The van der Waals surface area contributed by atoms with Gasteiger partial charge in [-0.15, -0.1) is 12.4 Å². The number of nitrogens with one attached hydrogen (secondary N) is 1. The molecule has 0 bridgehead atoms. The Hall–Kier alpha value is -1.84. The molecule has 0 radical (unpaired) electrons. The zero-order valence-corrected chi connectivity index (χ0v) is 13.1. The Morgan fingerprint density at radius 2 is 1.68 bits per heavy atom. The predicted molar refractivity (Wildman–Crippen MR) is 91.1 cm³/mol. The standard InChI is InChI=1S/C18H20N2O.ClH/c19-16(11-13-7-3-1-4-8-13)18(21)20-17-12-15(17)14-9-5-2-6-10-14;/h1-10,15-17H,11-12,19H2,(H,20,21);1H. The molecule has 2 aromatic rings. The van der Waals surface area contributed by atoms with Gasteiger partial charge >= 0.3 is 0 Å². The molecule has 1 amide bonds. The number of benzene rings is 2. The van der Waals surface area contributed by atoms with Crippen molar-refractivity contribution in [2.45, 2.75) is 30.8 Å². The zero-order valence-electron chi connectivity index (χ0n) is 12.3. The molecule has 3 atom stereocenters. The first-order valence-corrected chi connectivity index (χ1v) is 7.39. The van der Waals surface area contributed by atoms with Crippen molar-refractivity contribution in [3.8, 4) is 0 Å². The molecular weight excluding hydrogens is 296 g/mol. The van der Waals surface area contributed by atoms with E-state index in [9.17, 15) is 4.79 Å². The minimum Gasteiger partial charge on any atom is -0.351 e. The molecule has 0 aliphatic heterocycles. The molecule has 1 fully saturated rings. The number of carbonyl (C=O) groups excluding carboxylic acids is 1. The van der Waals surface area contributed by atoms with Crippen molar-refractivity contribution < 1.29 is 4.79 Å². The summed E-state index contributed by atoms with van der Waals surface area (Å²) < 4.78 is 0. The topological polar surface area (TPSA) is 55.1 Å². The Morgan fingerprint density at radius 3 is 2.32 bits per heavy atom. The fraction of sp³-hybridized carbons (Fsp3) is 0.278. The van der Waals surface area contributed by atoms with E-state index in [0.29, 0.717) is 12.3 Å². The molecule has 1 aliphatic rings. The van der Waals surface area contributed by atoms with Gasteiger partial charge in [0.1, 0.15) is 0 Å². The maximum atomic E-state index is 12.1. The summed E-state index contributed by atoms with van der Waals surface area (Å²) in [4.78, 5) is 12.1. The molecule has 0 spiro atoms. The third-order valence-electron chi connectivity index (χ3n) is 3.98. The Bertz CT molecular complexity index is 603. The van der Waals surface area contributed by atoms with Crippen LogP contribution in [0.15, 0.2) is 60.7 Å². The largest absolute Gasteiger partial charge is 0.351 e. The van der Waals surface area contributed by atoms with Gasteiger partial charge < -0.3 is 11.1 Å². The van der Waals surface area contributed by atoms with E-state index < -0.39 is 6.04 Å². The quantitative estimate of drug-likeness (QED) is 0.891. The van der Waals surface area contributed by atoms with Crippen LogP contribution >= 0.6 is 12.4 Å². The Labute approximate surface area is 137 Å². The van der Waals surface area contributed by atoms with Crippen LogP contribution in [0.2, 0.25) is 0 Å². The van der Waals surface area contributed by atoms with Gasteiger partial charge in [0.2, 0.25) is 5.91 Å². The van der Waals surface area contributed by atoms with Crippen molar-refractivity contribution in [1.29, 1.82) is 0 Å². The molecule has 1 aliphatic carbocycles. The maximum Gasteiger partial charge on any atom is 0.237 e. The normalized spacial score (nSPS) is 20.6. The van der Waals surface area contributed by atoms with Gasteiger partial charge in [-0.2, -0.15) is 0 Å². The molecule has 0 saturated heterocycles. The number of hydrogen-bond donors (Lipinski definition) is 2. The number of nitrogens with two attached hydrogens (primary N) is 1. The number of hydrogen-bond acceptors (Lipinski definition) is 2. The first-order chi connectivity index (χ1) is 10.2. The number of carbonyl (C=O) groups is 1. The van der Waals surface area contributed by atoms with Crippen LogP contribution in [0.3, 0.4) is 0 Å². The SMILES string of the molecule is Cl.NC(Cc1ccccc1)C(=O)NC1CC1c1ccccc1. The first kappa shape index (κ1) is 16.5. The summed E-state index contributed by atoms with van der Waals surface area (Å²) in [6.07, 6.45) is 1.59. The summed E-state index contributed by atoms with van der Waals surface area (Å²) in [5.74, 6) is 0.390. The minimum absolute atomic E-state index is 0. The van der Waals surface area contributed by atoms with Gasteiger partial charge in [-0.1, -0.05) is 60.7 Å². The van der Waals surface area contributed by atoms with Crippen LogP contribution in [-0.4, -0.2) is 18.0 Å². The van der Waals surface area contributed by atoms with Crippen molar-refractivity contribution in [1.82, 2.24) is 5.32 Å². The fourth-order valence-corrected chi connectivity index (χ4v) is 2.67. The van der Waals surface area contributed by atoms with Gasteiger partial charge in [0.05, 0.1) is 6.04 Å². The van der Waals surface area contributed by atoms with E-state index in [1.165, 1.54) is 5.56 Å². The van der Waals surface area contributed by atoms with E-state index in [-0.39, 0.29) is 24.4 Å². The van der Waals surface area contributed by atoms with Crippen molar-refractivity contribution in [3.05, 3.63) is 71.8 Å². The van der Waals surface area contributed by atoms with Crippen LogP contribution in [0.4, 0.5) is 0 Å². The summed E-state index contributed by atoms with van der Waals surface area (Å²) in [5, 5.41) is 3.06. The highest BCUT2D eigenvalue weighted by atomic mass is 35.5. The van der Waals surface area contributed by atoms with Crippen molar-refractivity contribution in [3.63, 3.8) is 0 Å². The lowest BCUT2D eigenvalue weighted by molar-refractivity contribution is -0.122. The molecule has 0 aromatic heterocycles. The van der Waals surface area contributed by atoms with Crippen LogP contribution < -0.4 is 11.1 Å². The van der Waals surface area contributed by atoms with Gasteiger partial charge in [0, 0.05) is 12.0 Å². The number of rotatable bonds is 5. The molecule has 3 unspecified atom stereocenters. The number of amides is 1. The smallest absolute Gasteiger partial charge is 0.237 e. The highest BCUT2D eigenvalue weighted by Crippen LogP contribution is 2.40. The van der Waals surface area contributed by atoms with Crippen LogP contribution in [0.25, 0.3) is 0 Å².